The predicted molar refractivity (Wildman–Crippen MR) is 118 cm³/mol. The Hall–Kier alpha value is -2.07. The van der Waals surface area contributed by atoms with E-state index in [0.717, 1.165) is 41.7 Å². The first-order valence-corrected chi connectivity index (χ1v) is 11.4. The Bertz CT molecular complexity index is 931. The largest absolute Gasteiger partial charge is 0.457 e. The number of fused-ring (bicyclic) bond motifs is 2. The molecule has 2 fully saturated rings. The van der Waals surface area contributed by atoms with Gasteiger partial charge in [0.25, 0.3) is 0 Å². The van der Waals surface area contributed by atoms with Crippen LogP contribution in [-0.2, 0) is 22.5 Å². The lowest BCUT2D eigenvalue weighted by Gasteiger charge is -2.20. The number of ketones is 1. The van der Waals surface area contributed by atoms with E-state index >= 15 is 0 Å². The minimum Gasteiger partial charge on any atom is -0.457 e. The highest BCUT2D eigenvalue weighted by Crippen LogP contribution is 2.49. The van der Waals surface area contributed by atoms with Crippen LogP contribution in [0.2, 0.25) is 5.02 Å². The van der Waals surface area contributed by atoms with E-state index in [1.165, 1.54) is 24.8 Å². The standard InChI is InChI=1S/C25H30ClNO3/c1-16-11-23(17(2)27(16)10-9-18-4-7-22(26)8-5-18)24(28)15-30-25(29)14-21-13-19-3-6-20(21)12-19/h4-5,7-8,11,19-21H,3,6,9-10,12-15H2,1-2H3/t19-,20+,21+/m0/s1. The number of carbonyl (C=O) groups excluding carboxylic acids is 2. The van der Waals surface area contributed by atoms with Crippen LogP contribution >= 0.6 is 11.6 Å². The van der Waals surface area contributed by atoms with Gasteiger partial charge in [0.05, 0.1) is 0 Å². The molecule has 30 heavy (non-hydrogen) atoms. The summed E-state index contributed by atoms with van der Waals surface area (Å²) in [6.07, 6.45) is 6.33. The molecule has 1 aromatic carbocycles. The van der Waals surface area contributed by atoms with Crippen molar-refractivity contribution in [3.63, 3.8) is 0 Å². The van der Waals surface area contributed by atoms with E-state index in [9.17, 15) is 9.59 Å². The average Bonchev–Trinajstić information content (AvgIpc) is 3.41. The van der Waals surface area contributed by atoms with E-state index < -0.39 is 0 Å². The number of esters is 1. The summed E-state index contributed by atoms with van der Waals surface area (Å²) >= 11 is 5.95. The van der Waals surface area contributed by atoms with E-state index in [1.807, 2.05) is 44.2 Å². The Labute approximate surface area is 183 Å². The van der Waals surface area contributed by atoms with Crippen LogP contribution in [0.3, 0.4) is 0 Å². The molecule has 2 aliphatic rings. The van der Waals surface area contributed by atoms with Gasteiger partial charge in [-0.25, -0.2) is 0 Å². The topological polar surface area (TPSA) is 48.3 Å². The first-order chi connectivity index (χ1) is 14.4. The molecule has 3 atom stereocenters. The fraction of sp³-hybridized carbons (Fsp3) is 0.520. The molecule has 2 aliphatic carbocycles. The minimum absolute atomic E-state index is 0.123. The van der Waals surface area contributed by atoms with Crippen molar-refractivity contribution in [1.82, 2.24) is 4.57 Å². The predicted octanol–water partition coefficient (Wildman–Crippen LogP) is 5.55. The van der Waals surface area contributed by atoms with E-state index in [1.54, 1.807) is 0 Å². The lowest BCUT2D eigenvalue weighted by atomic mass is 9.86. The van der Waals surface area contributed by atoms with Crippen molar-refractivity contribution in [3.8, 4) is 0 Å². The summed E-state index contributed by atoms with van der Waals surface area (Å²) in [5, 5.41) is 0.731. The first-order valence-electron chi connectivity index (χ1n) is 11.0. The third kappa shape index (κ3) is 4.64. The molecule has 2 aromatic rings. The summed E-state index contributed by atoms with van der Waals surface area (Å²) < 4.78 is 7.51. The van der Waals surface area contributed by atoms with E-state index in [4.69, 9.17) is 16.3 Å². The number of Topliss-reactive ketones (excluding diaryl/α,β-unsaturated/α-hetero) is 1. The third-order valence-corrected chi connectivity index (χ3v) is 7.34. The van der Waals surface area contributed by atoms with Gasteiger partial charge in [-0.05, 0) is 81.0 Å². The average molecular weight is 428 g/mol. The summed E-state index contributed by atoms with van der Waals surface area (Å²) in [6, 6.07) is 9.75. The number of aromatic nitrogens is 1. The van der Waals surface area contributed by atoms with Crippen molar-refractivity contribution in [1.29, 1.82) is 0 Å². The van der Waals surface area contributed by atoms with Gasteiger partial charge in [0.15, 0.2) is 6.61 Å². The van der Waals surface area contributed by atoms with E-state index in [-0.39, 0.29) is 18.4 Å². The van der Waals surface area contributed by atoms with Crippen molar-refractivity contribution in [3.05, 3.63) is 57.9 Å². The van der Waals surface area contributed by atoms with Crippen LogP contribution in [0.25, 0.3) is 0 Å². The van der Waals surface area contributed by atoms with Crippen molar-refractivity contribution in [2.45, 2.75) is 58.9 Å². The number of nitrogens with zero attached hydrogens (tertiary/aromatic N) is 1. The number of ether oxygens (including phenoxy) is 1. The SMILES string of the molecule is Cc1cc(C(=O)COC(=O)C[C@H]2C[C@H]3CC[C@@H]2C3)c(C)n1CCc1ccc(Cl)cc1. The summed E-state index contributed by atoms with van der Waals surface area (Å²) in [4.78, 5) is 25.0. The van der Waals surface area contributed by atoms with Crippen LogP contribution in [-0.4, -0.2) is 22.9 Å². The maximum Gasteiger partial charge on any atom is 0.306 e. The molecule has 4 nitrogen and oxygen atoms in total. The number of aryl methyl sites for hydroxylation is 2. The number of carbonyl (C=O) groups is 2. The molecule has 0 spiro atoms. The number of halogens is 1. The molecule has 0 saturated heterocycles. The molecule has 0 unspecified atom stereocenters. The molecule has 2 bridgehead atoms. The molecule has 0 N–H and O–H groups in total. The molecular weight excluding hydrogens is 398 g/mol. The molecular formula is C25H30ClNO3. The van der Waals surface area contributed by atoms with Gasteiger partial charge in [-0.15, -0.1) is 0 Å². The summed E-state index contributed by atoms with van der Waals surface area (Å²) in [6.45, 7) is 4.59. The highest BCUT2D eigenvalue weighted by atomic mass is 35.5. The molecule has 1 heterocycles. The first kappa shape index (κ1) is 21.2. The van der Waals surface area contributed by atoms with Crippen molar-refractivity contribution >= 4 is 23.4 Å². The summed E-state index contributed by atoms with van der Waals surface area (Å²) in [5.74, 6) is 1.62. The van der Waals surface area contributed by atoms with Gasteiger partial charge in [-0.1, -0.05) is 30.2 Å². The fourth-order valence-electron chi connectivity index (χ4n) is 5.44. The number of hydrogen-bond acceptors (Lipinski definition) is 3. The second-order valence-corrected chi connectivity index (χ2v) is 9.47. The molecule has 5 heteroatoms. The quantitative estimate of drug-likeness (QED) is 0.409. The van der Waals surface area contributed by atoms with Crippen molar-refractivity contribution in [2.75, 3.05) is 6.61 Å². The van der Waals surface area contributed by atoms with Gasteiger partial charge >= 0.3 is 5.97 Å². The molecule has 160 valence electrons. The van der Waals surface area contributed by atoms with Crippen LogP contribution in [0.1, 0.15) is 59.4 Å². The zero-order valence-electron chi connectivity index (χ0n) is 17.8. The van der Waals surface area contributed by atoms with Gasteiger partial charge in [-0.2, -0.15) is 0 Å². The Kier molecular flexibility index (Phi) is 6.33. The maximum atomic E-state index is 12.7. The van der Waals surface area contributed by atoms with E-state index in [0.29, 0.717) is 23.8 Å². The molecule has 0 radical (unpaired) electrons. The minimum atomic E-state index is -0.225. The monoisotopic (exact) mass is 427 g/mol. The lowest BCUT2D eigenvalue weighted by Crippen LogP contribution is -2.20. The number of benzene rings is 1. The zero-order chi connectivity index (χ0) is 21.3. The third-order valence-electron chi connectivity index (χ3n) is 7.09. The molecule has 4 rings (SSSR count). The zero-order valence-corrected chi connectivity index (χ0v) is 18.6. The molecule has 0 amide bonds. The van der Waals surface area contributed by atoms with Gasteiger partial charge in [0.2, 0.25) is 5.78 Å². The Morgan fingerprint density at radius 2 is 1.90 bits per heavy atom. The smallest absolute Gasteiger partial charge is 0.306 e. The van der Waals surface area contributed by atoms with Gasteiger partial charge < -0.3 is 9.30 Å². The highest BCUT2D eigenvalue weighted by Gasteiger charge is 2.40. The Balaban J connectivity index is 1.31. The van der Waals surface area contributed by atoms with Gasteiger partial charge in [0.1, 0.15) is 0 Å². The number of hydrogen-bond donors (Lipinski definition) is 0. The van der Waals surface area contributed by atoms with Gasteiger partial charge in [-0.3, -0.25) is 9.59 Å². The fourth-order valence-corrected chi connectivity index (χ4v) is 5.57. The second kappa shape index (κ2) is 8.97. The molecule has 0 aliphatic heterocycles. The summed E-state index contributed by atoms with van der Waals surface area (Å²) in [7, 11) is 0. The Morgan fingerprint density at radius 1 is 1.13 bits per heavy atom. The van der Waals surface area contributed by atoms with Crippen LogP contribution in [0.5, 0.6) is 0 Å². The number of rotatable bonds is 8. The van der Waals surface area contributed by atoms with Crippen molar-refractivity contribution in [2.24, 2.45) is 17.8 Å². The van der Waals surface area contributed by atoms with E-state index in [2.05, 4.69) is 4.57 Å². The Morgan fingerprint density at radius 3 is 2.57 bits per heavy atom. The second-order valence-electron chi connectivity index (χ2n) is 9.04. The maximum absolute atomic E-state index is 12.7. The molecule has 2 saturated carbocycles. The van der Waals surface area contributed by atoms with Crippen LogP contribution < -0.4 is 0 Å². The van der Waals surface area contributed by atoms with Gasteiger partial charge in [0, 0.05) is 34.9 Å². The van der Waals surface area contributed by atoms with Crippen LogP contribution in [0, 0.1) is 31.6 Å². The van der Waals surface area contributed by atoms with Crippen LogP contribution in [0.15, 0.2) is 30.3 Å². The highest BCUT2D eigenvalue weighted by molar-refractivity contribution is 6.30. The van der Waals surface area contributed by atoms with Crippen molar-refractivity contribution < 1.29 is 14.3 Å². The molecule has 1 aromatic heterocycles. The van der Waals surface area contributed by atoms with Crippen LogP contribution in [0.4, 0.5) is 0 Å². The normalized spacial score (nSPS) is 22.4. The lowest BCUT2D eigenvalue weighted by molar-refractivity contribution is -0.144. The summed E-state index contributed by atoms with van der Waals surface area (Å²) in [5.41, 5.74) is 3.82.